The fourth-order valence-corrected chi connectivity index (χ4v) is 5.82. The number of amides is 2. The van der Waals surface area contributed by atoms with E-state index in [2.05, 4.69) is 5.32 Å². The van der Waals surface area contributed by atoms with Crippen molar-refractivity contribution in [2.24, 2.45) is 0 Å². The average Bonchev–Trinajstić information content (AvgIpc) is 2.98. The summed E-state index contributed by atoms with van der Waals surface area (Å²) in [5, 5.41) is 3.05. The number of methoxy groups -OCH3 is 2. The largest absolute Gasteiger partial charge is 0.497 e. The molecule has 41 heavy (non-hydrogen) atoms. The summed E-state index contributed by atoms with van der Waals surface area (Å²) in [6, 6.07) is 18.6. The van der Waals surface area contributed by atoms with E-state index in [1.165, 1.54) is 49.5 Å². The molecule has 3 aromatic rings. The number of ether oxygens (including phenoxy) is 2. The first-order chi connectivity index (χ1) is 19.6. The number of nitrogens with one attached hydrogen (secondary N) is 1. The Hall–Kier alpha value is -3.76. The summed E-state index contributed by atoms with van der Waals surface area (Å²) < 4.78 is 39.3. The second-order valence-corrected chi connectivity index (χ2v) is 11.6. The molecule has 0 aliphatic rings. The Morgan fingerprint density at radius 1 is 0.976 bits per heavy atom. The van der Waals surface area contributed by atoms with Crippen molar-refractivity contribution < 1.29 is 27.5 Å². The summed E-state index contributed by atoms with van der Waals surface area (Å²) in [6.07, 6.45) is 1.70. The van der Waals surface area contributed by atoms with Crippen LogP contribution in [0.25, 0.3) is 0 Å². The SMILES string of the molecule is CCCCNC(=O)C(C)N(Cc1cccc(OC)c1)C(=O)CN(c1ccc(OC)c(Cl)c1)S(=O)(=O)c1ccccc1. The van der Waals surface area contributed by atoms with E-state index in [0.717, 1.165) is 22.7 Å². The Kier molecular flexibility index (Phi) is 11.4. The lowest BCUT2D eigenvalue weighted by Crippen LogP contribution is -2.51. The summed E-state index contributed by atoms with van der Waals surface area (Å²) in [5.41, 5.74) is 0.894. The highest BCUT2D eigenvalue weighted by Gasteiger charge is 2.32. The first-order valence-corrected chi connectivity index (χ1v) is 15.1. The van der Waals surface area contributed by atoms with E-state index in [9.17, 15) is 18.0 Å². The highest BCUT2D eigenvalue weighted by Crippen LogP contribution is 2.32. The predicted octanol–water partition coefficient (Wildman–Crippen LogP) is 4.89. The molecular formula is C30H36ClN3O6S. The van der Waals surface area contributed by atoms with Crippen LogP contribution in [0.3, 0.4) is 0 Å². The van der Waals surface area contributed by atoms with Crippen molar-refractivity contribution in [3.05, 3.63) is 83.4 Å². The number of carbonyl (C=O) groups is 2. The Labute approximate surface area is 247 Å². The van der Waals surface area contributed by atoms with Crippen molar-refractivity contribution in [1.82, 2.24) is 10.2 Å². The zero-order valence-corrected chi connectivity index (χ0v) is 25.2. The first kappa shape index (κ1) is 31.8. The molecule has 1 N–H and O–H groups in total. The van der Waals surface area contributed by atoms with E-state index in [-0.39, 0.29) is 28.1 Å². The van der Waals surface area contributed by atoms with E-state index in [0.29, 0.717) is 18.0 Å². The number of sulfonamides is 1. The lowest BCUT2D eigenvalue weighted by Gasteiger charge is -2.32. The fourth-order valence-electron chi connectivity index (χ4n) is 4.15. The van der Waals surface area contributed by atoms with Crippen LogP contribution < -0.4 is 19.1 Å². The van der Waals surface area contributed by atoms with Crippen LogP contribution in [0.2, 0.25) is 5.02 Å². The Morgan fingerprint density at radius 2 is 1.71 bits per heavy atom. The van der Waals surface area contributed by atoms with Crippen molar-refractivity contribution in [3.63, 3.8) is 0 Å². The van der Waals surface area contributed by atoms with Crippen molar-refractivity contribution >= 4 is 39.1 Å². The minimum Gasteiger partial charge on any atom is -0.497 e. The molecule has 0 heterocycles. The number of hydrogen-bond acceptors (Lipinski definition) is 6. The molecule has 0 saturated heterocycles. The summed E-state index contributed by atoms with van der Waals surface area (Å²) >= 11 is 6.35. The number of unbranched alkanes of at least 4 members (excludes halogenated alkanes) is 1. The number of benzene rings is 3. The van der Waals surface area contributed by atoms with Crippen LogP contribution in [0.1, 0.15) is 32.3 Å². The number of hydrogen-bond donors (Lipinski definition) is 1. The van der Waals surface area contributed by atoms with Crippen molar-refractivity contribution in [1.29, 1.82) is 0 Å². The van der Waals surface area contributed by atoms with Gasteiger partial charge in [-0.25, -0.2) is 8.42 Å². The number of anilines is 1. The molecule has 220 valence electrons. The normalized spacial score (nSPS) is 11.8. The fraction of sp³-hybridized carbons (Fsp3) is 0.333. The molecular weight excluding hydrogens is 566 g/mol. The highest BCUT2D eigenvalue weighted by molar-refractivity contribution is 7.92. The monoisotopic (exact) mass is 601 g/mol. The molecule has 3 aromatic carbocycles. The second kappa shape index (κ2) is 14.7. The highest BCUT2D eigenvalue weighted by atomic mass is 35.5. The van der Waals surface area contributed by atoms with Crippen LogP contribution in [0, 0.1) is 0 Å². The Morgan fingerprint density at radius 3 is 2.34 bits per heavy atom. The molecule has 0 saturated carbocycles. The van der Waals surface area contributed by atoms with Crippen LogP contribution in [0.15, 0.2) is 77.7 Å². The molecule has 1 unspecified atom stereocenters. The van der Waals surface area contributed by atoms with Crippen LogP contribution in [-0.2, 0) is 26.2 Å². The maximum absolute atomic E-state index is 14.0. The Balaban J connectivity index is 2.03. The van der Waals surface area contributed by atoms with Gasteiger partial charge in [-0.05, 0) is 61.4 Å². The standard InChI is InChI=1S/C30H36ClN3O6S/c1-5-6-17-32-30(36)22(2)33(20-23-11-10-12-25(18-23)39-3)29(35)21-34(24-15-16-28(40-4)27(31)19-24)41(37,38)26-13-8-7-9-14-26/h7-16,18-19,22H,5-6,17,20-21H2,1-4H3,(H,32,36). The minimum atomic E-state index is -4.20. The summed E-state index contributed by atoms with van der Waals surface area (Å²) in [5.74, 6) is 0.0454. The smallest absolute Gasteiger partial charge is 0.264 e. The summed E-state index contributed by atoms with van der Waals surface area (Å²) in [7, 11) is -1.21. The lowest BCUT2D eigenvalue weighted by atomic mass is 10.1. The van der Waals surface area contributed by atoms with Gasteiger partial charge in [0.1, 0.15) is 24.1 Å². The number of halogens is 1. The third-order valence-electron chi connectivity index (χ3n) is 6.52. The van der Waals surface area contributed by atoms with Gasteiger partial charge in [-0.2, -0.15) is 0 Å². The third-order valence-corrected chi connectivity index (χ3v) is 8.60. The van der Waals surface area contributed by atoms with Crippen molar-refractivity contribution in [3.8, 4) is 11.5 Å². The average molecular weight is 602 g/mol. The second-order valence-electron chi connectivity index (χ2n) is 9.34. The van der Waals surface area contributed by atoms with Crippen LogP contribution in [0.5, 0.6) is 11.5 Å². The van der Waals surface area contributed by atoms with Gasteiger partial charge in [0.05, 0.1) is 29.8 Å². The molecule has 2 amide bonds. The maximum Gasteiger partial charge on any atom is 0.264 e. The van der Waals surface area contributed by atoms with Gasteiger partial charge in [-0.3, -0.25) is 13.9 Å². The van der Waals surface area contributed by atoms with Gasteiger partial charge in [0, 0.05) is 13.1 Å². The van der Waals surface area contributed by atoms with Crippen LogP contribution in [-0.4, -0.2) is 58.5 Å². The molecule has 11 heteroatoms. The van der Waals surface area contributed by atoms with Crippen molar-refractivity contribution in [2.75, 3.05) is 31.6 Å². The maximum atomic E-state index is 14.0. The van der Waals surface area contributed by atoms with Gasteiger partial charge >= 0.3 is 0 Å². The van der Waals surface area contributed by atoms with Gasteiger partial charge < -0.3 is 19.7 Å². The minimum absolute atomic E-state index is 0.00411. The number of carbonyl (C=O) groups excluding carboxylic acids is 2. The zero-order valence-electron chi connectivity index (χ0n) is 23.7. The van der Waals surface area contributed by atoms with Crippen LogP contribution >= 0.6 is 11.6 Å². The molecule has 3 rings (SSSR count). The van der Waals surface area contributed by atoms with E-state index in [4.69, 9.17) is 21.1 Å². The van der Waals surface area contributed by atoms with E-state index in [1.807, 2.05) is 13.0 Å². The van der Waals surface area contributed by atoms with Gasteiger partial charge in [0.25, 0.3) is 10.0 Å². The third kappa shape index (κ3) is 8.14. The quantitative estimate of drug-likeness (QED) is 0.264. The molecule has 9 nitrogen and oxygen atoms in total. The number of nitrogens with zero attached hydrogens (tertiary/aromatic N) is 2. The summed E-state index contributed by atoms with van der Waals surface area (Å²) in [6.45, 7) is 3.60. The lowest BCUT2D eigenvalue weighted by molar-refractivity contribution is -0.139. The molecule has 0 bridgehead atoms. The van der Waals surface area contributed by atoms with Gasteiger partial charge in [0.15, 0.2) is 0 Å². The molecule has 0 radical (unpaired) electrons. The molecule has 0 fully saturated rings. The Bertz CT molecular complexity index is 1440. The first-order valence-electron chi connectivity index (χ1n) is 13.2. The van der Waals surface area contributed by atoms with E-state index < -0.39 is 28.5 Å². The topological polar surface area (TPSA) is 105 Å². The molecule has 0 aliphatic carbocycles. The predicted molar refractivity (Wildman–Crippen MR) is 160 cm³/mol. The molecule has 0 aliphatic heterocycles. The molecule has 1 atom stereocenters. The van der Waals surface area contributed by atoms with Gasteiger partial charge in [-0.1, -0.05) is 55.3 Å². The number of rotatable bonds is 14. The van der Waals surface area contributed by atoms with Gasteiger partial charge in [-0.15, -0.1) is 0 Å². The van der Waals surface area contributed by atoms with Crippen LogP contribution in [0.4, 0.5) is 5.69 Å². The zero-order chi connectivity index (χ0) is 30.0. The summed E-state index contributed by atoms with van der Waals surface area (Å²) in [4.78, 5) is 28.4. The molecule has 0 aromatic heterocycles. The van der Waals surface area contributed by atoms with E-state index >= 15 is 0 Å². The van der Waals surface area contributed by atoms with E-state index in [1.54, 1.807) is 43.3 Å². The molecule has 0 spiro atoms. The van der Waals surface area contributed by atoms with Crippen molar-refractivity contribution in [2.45, 2.75) is 44.2 Å². The van der Waals surface area contributed by atoms with Gasteiger partial charge in [0.2, 0.25) is 11.8 Å².